The van der Waals surface area contributed by atoms with Gasteiger partial charge in [-0.3, -0.25) is 19.2 Å². The van der Waals surface area contributed by atoms with E-state index >= 15 is 0 Å². The molecule has 0 spiro atoms. The first-order valence-corrected chi connectivity index (χ1v) is 46.9. The van der Waals surface area contributed by atoms with Gasteiger partial charge in [0, 0.05) is 89.1 Å². The van der Waals surface area contributed by atoms with Crippen molar-refractivity contribution >= 4 is 63.3 Å². The predicted octanol–water partition coefficient (Wildman–Crippen LogP) is 10.2. The van der Waals surface area contributed by atoms with Crippen LogP contribution in [0.1, 0.15) is 155 Å². The zero-order valence-electron chi connectivity index (χ0n) is 78.5. The number of benzene rings is 1. The number of esters is 1. The molecule has 6 N–H and O–H groups in total. The number of nitrogens with two attached hydrogens (primary N) is 1. The molecule has 726 valence electrons. The first kappa shape index (κ1) is 105. The number of methoxy groups -OCH3 is 3. The van der Waals surface area contributed by atoms with Crippen molar-refractivity contribution in [3.8, 4) is 11.3 Å². The summed E-state index contributed by atoms with van der Waals surface area (Å²) < 4.78 is 94.4. The Bertz CT molecular complexity index is 4480. The number of amides is 3. The third-order valence-electron chi connectivity index (χ3n) is 25.3. The molecule has 15 atom stereocenters. The molecule has 1 saturated carbocycles. The number of ketones is 2. The van der Waals surface area contributed by atoms with Crippen LogP contribution in [0, 0.1) is 35.5 Å². The average Bonchev–Trinajstić information content (AvgIpc) is 1.67. The van der Waals surface area contributed by atoms with Crippen molar-refractivity contribution in [3.63, 3.8) is 0 Å². The number of pyridine rings is 1. The smallest absolute Gasteiger partial charge is 0.407 e. The molecule has 34 heteroatoms. The van der Waals surface area contributed by atoms with E-state index in [4.69, 9.17) is 86.6 Å². The molecule has 8 heterocycles. The Labute approximate surface area is 770 Å². The normalized spacial score (nSPS) is 26.5. The van der Waals surface area contributed by atoms with Crippen molar-refractivity contribution in [2.75, 3.05) is 179 Å². The summed E-state index contributed by atoms with van der Waals surface area (Å²) in [6, 6.07) is 9.27. The molecule has 0 radical (unpaired) electrons. The fourth-order valence-corrected chi connectivity index (χ4v) is 17.7. The Kier molecular flexibility index (Phi) is 44.3. The number of aliphatic hydroxyl groups is 2. The number of Topliss-reactive ketones (excluding diaryl/α,β-unsaturated/α-hetero) is 2. The minimum absolute atomic E-state index is 0.0297. The lowest BCUT2D eigenvalue weighted by atomic mass is 9.78. The third-order valence-corrected chi connectivity index (χ3v) is 25.3. The van der Waals surface area contributed by atoms with E-state index in [9.17, 15) is 39.0 Å². The summed E-state index contributed by atoms with van der Waals surface area (Å²) in [6.07, 6.45) is 18.8. The van der Waals surface area contributed by atoms with Crippen molar-refractivity contribution in [3.05, 3.63) is 113 Å². The molecule has 2 bridgehead atoms. The molecule has 0 unspecified atom stereocenters. The maximum atomic E-state index is 14.8. The fraction of sp³-hybridized carbons (Fsp3) is 0.670. The number of carbonyl (C=O) groups excluding carboxylic acids is 6. The number of cyclic esters (lactones) is 1. The van der Waals surface area contributed by atoms with Gasteiger partial charge in [-0.2, -0.15) is 5.10 Å². The number of rotatable bonds is 43. The van der Waals surface area contributed by atoms with E-state index in [0.717, 1.165) is 39.7 Å². The van der Waals surface area contributed by atoms with E-state index in [-0.39, 0.29) is 61.5 Å². The van der Waals surface area contributed by atoms with Crippen molar-refractivity contribution in [1.29, 1.82) is 0 Å². The quantitative estimate of drug-likeness (QED) is 0.0105. The highest BCUT2D eigenvalue weighted by molar-refractivity contribution is 6.39. The van der Waals surface area contributed by atoms with Crippen LogP contribution < -0.4 is 11.1 Å². The second-order valence-electron chi connectivity index (χ2n) is 35.1. The number of H-pyrrole nitrogens is 1. The molecule has 1 aromatic carbocycles. The zero-order valence-corrected chi connectivity index (χ0v) is 78.5. The van der Waals surface area contributed by atoms with Gasteiger partial charge in [-0.1, -0.05) is 89.3 Å². The summed E-state index contributed by atoms with van der Waals surface area (Å²) in [5.41, 5.74) is 14.2. The lowest BCUT2D eigenvalue weighted by molar-refractivity contribution is -0.265. The summed E-state index contributed by atoms with van der Waals surface area (Å²) in [4.78, 5) is 104. The number of allylic oxidation sites excluding steroid dienone is 6. The molecule has 10 rings (SSSR count). The molecule has 5 aromatic rings. The molecule has 3 fully saturated rings. The van der Waals surface area contributed by atoms with E-state index in [1.54, 1.807) is 34.3 Å². The van der Waals surface area contributed by atoms with Crippen molar-refractivity contribution in [2.45, 2.75) is 212 Å². The molecular weight excluding hydrogens is 1690 g/mol. The molecule has 1 aliphatic carbocycles. The van der Waals surface area contributed by atoms with Crippen molar-refractivity contribution in [2.24, 2.45) is 35.5 Å². The minimum Gasteiger partial charge on any atom is -0.461 e. The van der Waals surface area contributed by atoms with Crippen LogP contribution in [0.25, 0.3) is 33.3 Å². The van der Waals surface area contributed by atoms with E-state index in [1.807, 2.05) is 99.0 Å². The van der Waals surface area contributed by atoms with Crippen LogP contribution >= 0.6 is 0 Å². The van der Waals surface area contributed by atoms with Crippen molar-refractivity contribution < 1.29 is 115 Å². The van der Waals surface area contributed by atoms with Gasteiger partial charge in [0.1, 0.15) is 53.9 Å². The Morgan fingerprint density at radius 1 is 0.672 bits per heavy atom. The van der Waals surface area contributed by atoms with Gasteiger partial charge in [0.15, 0.2) is 11.4 Å². The average molecular weight is 1830 g/mol. The third kappa shape index (κ3) is 32.4. The van der Waals surface area contributed by atoms with Gasteiger partial charge in [-0.05, 0) is 161 Å². The van der Waals surface area contributed by atoms with Gasteiger partial charge < -0.3 is 112 Å². The number of nitrogen functional groups attached to an aromatic ring is 1. The highest BCUT2D eigenvalue weighted by atomic mass is 16.6. The summed E-state index contributed by atoms with van der Waals surface area (Å²) in [7, 11) is 4.61. The molecule has 131 heavy (non-hydrogen) atoms. The fourth-order valence-electron chi connectivity index (χ4n) is 17.7. The maximum Gasteiger partial charge on any atom is 0.407 e. The lowest BCUT2D eigenvalue weighted by Crippen LogP contribution is -2.61. The number of nitrogens with zero attached hydrogens (tertiary/aromatic N) is 7. The number of aromatic amines is 1. The van der Waals surface area contributed by atoms with Gasteiger partial charge in [0.05, 0.1) is 169 Å². The summed E-state index contributed by atoms with van der Waals surface area (Å²) >= 11 is 0. The van der Waals surface area contributed by atoms with Crippen molar-refractivity contribution in [1.82, 2.24) is 44.8 Å². The number of hydrogen-bond acceptors (Lipinski definition) is 29. The molecule has 4 aromatic heterocycles. The number of ether oxygens (including phenoxy) is 16. The van der Waals surface area contributed by atoms with Crippen LogP contribution in [0.3, 0.4) is 0 Å². The number of hydrogen-bond donors (Lipinski definition) is 5. The first-order valence-electron chi connectivity index (χ1n) is 46.9. The van der Waals surface area contributed by atoms with Gasteiger partial charge in [0.2, 0.25) is 11.7 Å². The number of fused-ring (bicyclic) bond motifs is 6. The molecule has 2 saturated heterocycles. The topological polar surface area (TPSA) is 407 Å². The van der Waals surface area contributed by atoms with Crippen LogP contribution in [0.2, 0.25) is 0 Å². The van der Waals surface area contributed by atoms with E-state index in [1.165, 1.54) is 23.9 Å². The number of aromatic nitrogens is 6. The predicted molar refractivity (Wildman–Crippen MR) is 489 cm³/mol. The van der Waals surface area contributed by atoms with Crippen LogP contribution in [0.4, 0.5) is 10.6 Å². The zero-order chi connectivity index (χ0) is 93.4. The molecule has 3 amide bonds. The van der Waals surface area contributed by atoms with E-state index < -0.39 is 90.1 Å². The Morgan fingerprint density at radius 3 is 1.98 bits per heavy atom. The summed E-state index contributed by atoms with van der Waals surface area (Å²) in [6.45, 7) is 23.2. The Hall–Kier alpha value is -8.40. The monoisotopic (exact) mass is 1830 g/mol. The first-order chi connectivity index (χ1) is 63.5. The van der Waals surface area contributed by atoms with E-state index in [0.29, 0.717) is 257 Å². The van der Waals surface area contributed by atoms with Gasteiger partial charge >= 0.3 is 12.1 Å². The van der Waals surface area contributed by atoms with Gasteiger partial charge in [-0.25, -0.2) is 29.2 Å². The number of alkyl carbamates (subject to hydrolysis) is 1. The molecule has 34 nitrogen and oxygen atoms in total. The van der Waals surface area contributed by atoms with Gasteiger partial charge in [0.25, 0.3) is 11.7 Å². The van der Waals surface area contributed by atoms with Crippen LogP contribution in [-0.4, -0.2) is 313 Å². The number of anilines is 1. The summed E-state index contributed by atoms with van der Waals surface area (Å²) in [5.74, 6) is -6.32. The number of piperidine rings is 1. The maximum absolute atomic E-state index is 14.8. The lowest BCUT2D eigenvalue weighted by Gasteiger charge is -2.42. The minimum atomic E-state index is -2.43. The highest BCUT2D eigenvalue weighted by Gasteiger charge is 2.53. The number of nitrogens with one attached hydrogen (secondary N) is 2. The number of carbonyl (C=O) groups is 6. The second kappa shape index (κ2) is 55.4. The van der Waals surface area contributed by atoms with Crippen LogP contribution in [0.15, 0.2) is 96.7 Å². The largest absolute Gasteiger partial charge is 0.461 e. The molecular formula is C97H144N10O24. The standard InChI is InChI=1S/C97H144N10O24/c1-65-16-12-11-13-17-67(3)82(116-8)60-78-24-20-71(7)97(115,131-78)90(111)94(112)106-32-15-14-18-79(106)95(113)129-80(25-19-66(2)55-70(6)88(110)89(118-10)87(109)69(5)54-65)68(4)56-72-22-26-81(83(58-72)117-9)130-96(114)100-31-35-120-37-39-122-41-43-124-45-47-126-49-51-128-53-52-127-50-48-125-46-44-123-42-40-121-38-36-119-34-29-84(108)105-33-28-74-57-73(21-23-76(74)63-105)62-107-93-85(91(98)102-64-103-93)86(104-107)77-59-75-27-30-99-92(75)101-61-77/h11-13,16-17,21,23,27,30,55,57,59,61,64-66,68-69,71-72,78-83,88-89,110,115H,14-15,18-20,22,24-26,28-29,31-54,56,58,60,62-63H2,1-10H3,(H,99,101)(H,100,114)(H2,98,102,103)/b13-11+,16-12+,67-17+,70-55+/t65-,66+,68-,69-,71-,72+,78+,79+,80+,81-,82+,83-,88-,89+,97-/m1/s1. The van der Waals surface area contributed by atoms with Gasteiger partial charge in [-0.15, -0.1) is 0 Å². The van der Waals surface area contributed by atoms with E-state index in [2.05, 4.69) is 43.5 Å². The Balaban J connectivity index is 0.518. The Morgan fingerprint density at radius 2 is 1.33 bits per heavy atom. The second-order valence-corrected chi connectivity index (χ2v) is 35.1. The molecule has 5 aliphatic rings. The number of aliphatic hydroxyl groups excluding tert-OH is 1. The highest BCUT2D eigenvalue weighted by Crippen LogP contribution is 2.40. The molecule has 4 aliphatic heterocycles. The van der Waals surface area contributed by atoms with Crippen LogP contribution in [0.5, 0.6) is 0 Å². The summed E-state index contributed by atoms with van der Waals surface area (Å²) in [5, 5.41) is 33.2. The SMILES string of the molecule is CO[C@H]1C[C@@H]2CC[C@@H](C)[C@@](O)(O2)C(=O)C(=O)N2CCCC[C@H]2C(=O)O[C@H]([C@H](C)C[C@@H]2CC[C@@H](OC(=O)NCCOCCOCCOCCOCCOCCOCCOCCOCCOCCOCCC(=O)N3CCc4cc(Cn5nc(-c6cnc7[nH]ccc7c6)c6c(N)ncnc65)ccc4C3)[C@H](OC)C2)CC[C@H](C)/C=C(\C)[C@@H](O)[C@@H](OC)C(=O)[C@H](C)C[C@H](C)/C=C/C=C/C=C/1C. The van der Waals surface area contributed by atoms with Crippen LogP contribution in [-0.2, 0) is 119 Å².